The molecule has 0 bridgehead atoms. The molecule has 0 spiro atoms. The van der Waals surface area contributed by atoms with Gasteiger partial charge in [-0.1, -0.05) is 28.1 Å². The zero-order valence-electron chi connectivity index (χ0n) is 15.1. The maximum Gasteiger partial charge on any atom is 0.238 e. The second-order valence-electron chi connectivity index (χ2n) is 6.22. The van der Waals surface area contributed by atoms with Crippen LogP contribution in [0.1, 0.15) is 0 Å². The van der Waals surface area contributed by atoms with E-state index in [1.165, 1.54) is 54.6 Å². The van der Waals surface area contributed by atoms with Gasteiger partial charge in [-0.05, 0) is 60.7 Å². The Balaban J connectivity index is 1.85. The molecule has 0 fully saturated rings. The standard InChI is InChI=1S/C21H13BrF2N2O3S/c22-13-5-11-16(12-6-13)30(27,28)21-20(25-15-9-7-14(23)8-10-15)29-19(26-21)17-3-1-2-4-18(17)24/h1-12,25H. The van der Waals surface area contributed by atoms with Crippen molar-refractivity contribution in [3.63, 3.8) is 0 Å². The highest BCUT2D eigenvalue weighted by atomic mass is 79.9. The summed E-state index contributed by atoms with van der Waals surface area (Å²) in [5.41, 5.74) is 0.386. The lowest BCUT2D eigenvalue weighted by molar-refractivity contribution is 0.572. The van der Waals surface area contributed by atoms with Crippen molar-refractivity contribution in [2.75, 3.05) is 5.32 Å². The van der Waals surface area contributed by atoms with Gasteiger partial charge in [-0.2, -0.15) is 4.98 Å². The highest BCUT2D eigenvalue weighted by Gasteiger charge is 2.29. The molecule has 0 amide bonds. The lowest BCUT2D eigenvalue weighted by atomic mass is 10.2. The summed E-state index contributed by atoms with van der Waals surface area (Å²) in [5, 5.41) is 2.38. The summed E-state index contributed by atoms with van der Waals surface area (Å²) >= 11 is 3.26. The van der Waals surface area contributed by atoms with Crippen LogP contribution in [0.5, 0.6) is 0 Å². The van der Waals surface area contributed by atoms with E-state index in [4.69, 9.17) is 4.42 Å². The van der Waals surface area contributed by atoms with Gasteiger partial charge in [-0.15, -0.1) is 0 Å². The highest BCUT2D eigenvalue weighted by molar-refractivity contribution is 9.10. The zero-order valence-corrected chi connectivity index (χ0v) is 17.5. The van der Waals surface area contributed by atoms with Gasteiger partial charge in [-0.25, -0.2) is 17.2 Å². The molecule has 0 radical (unpaired) electrons. The van der Waals surface area contributed by atoms with E-state index in [0.717, 1.165) is 0 Å². The molecular formula is C21H13BrF2N2O3S. The Morgan fingerprint density at radius 1 is 0.900 bits per heavy atom. The molecule has 0 atom stereocenters. The molecular weight excluding hydrogens is 478 g/mol. The number of nitrogens with one attached hydrogen (secondary N) is 1. The fourth-order valence-electron chi connectivity index (χ4n) is 2.71. The number of rotatable bonds is 5. The summed E-state index contributed by atoms with van der Waals surface area (Å²) in [4.78, 5) is 4.07. The Morgan fingerprint density at radius 3 is 2.23 bits per heavy atom. The molecule has 0 unspecified atom stereocenters. The van der Waals surface area contributed by atoms with Crippen LogP contribution in [0.25, 0.3) is 11.5 Å². The van der Waals surface area contributed by atoms with Gasteiger partial charge in [0.05, 0.1) is 10.5 Å². The van der Waals surface area contributed by atoms with Crippen molar-refractivity contribution in [3.05, 3.63) is 88.9 Å². The second-order valence-corrected chi connectivity index (χ2v) is 9.00. The molecule has 0 aliphatic heterocycles. The minimum atomic E-state index is -4.10. The molecule has 5 nitrogen and oxygen atoms in total. The van der Waals surface area contributed by atoms with Gasteiger partial charge in [0.25, 0.3) is 0 Å². The third-order valence-corrected chi connectivity index (χ3v) is 6.39. The summed E-state index contributed by atoms with van der Waals surface area (Å²) in [6.07, 6.45) is 0. The Bertz CT molecular complexity index is 1310. The van der Waals surface area contributed by atoms with Gasteiger partial charge in [-0.3, -0.25) is 0 Å². The van der Waals surface area contributed by atoms with Crippen molar-refractivity contribution >= 4 is 37.3 Å². The molecule has 9 heteroatoms. The fraction of sp³-hybridized carbons (Fsp3) is 0. The van der Waals surface area contributed by atoms with Gasteiger partial charge in [0, 0.05) is 10.2 Å². The number of hydrogen-bond donors (Lipinski definition) is 1. The highest BCUT2D eigenvalue weighted by Crippen LogP contribution is 2.35. The van der Waals surface area contributed by atoms with Crippen LogP contribution in [-0.2, 0) is 9.84 Å². The van der Waals surface area contributed by atoms with Crippen LogP contribution in [-0.4, -0.2) is 13.4 Å². The van der Waals surface area contributed by atoms with Crippen LogP contribution in [0, 0.1) is 11.6 Å². The van der Waals surface area contributed by atoms with Crippen molar-refractivity contribution in [2.24, 2.45) is 0 Å². The molecule has 1 aromatic heterocycles. The molecule has 4 rings (SSSR count). The minimum Gasteiger partial charge on any atom is -0.419 e. The third-order valence-electron chi connectivity index (χ3n) is 4.18. The number of nitrogens with zero attached hydrogens (tertiary/aromatic N) is 1. The molecule has 0 saturated carbocycles. The van der Waals surface area contributed by atoms with Crippen LogP contribution in [0.3, 0.4) is 0 Å². The van der Waals surface area contributed by atoms with Gasteiger partial charge >= 0.3 is 0 Å². The SMILES string of the molecule is O=S(=O)(c1ccc(Br)cc1)c1nc(-c2ccccc2F)oc1Nc1ccc(F)cc1. The third kappa shape index (κ3) is 3.99. The average molecular weight is 491 g/mol. The maximum atomic E-state index is 14.2. The first-order valence-corrected chi connectivity index (χ1v) is 10.9. The normalized spacial score (nSPS) is 11.4. The van der Waals surface area contributed by atoms with E-state index in [-0.39, 0.29) is 22.2 Å². The van der Waals surface area contributed by atoms with Crippen LogP contribution >= 0.6 is 15.9 Å². The quantitative estimate of drug-likeness (QED) is 0.373. The molecule has 0 aliphatic rings. The Labute approximate surface area is 179 Å². The average Bonchev–Trinajstić information content (AvgIpc) is 3.15. The summed E-state index contributed by atoms with van der Waals surface area (Å²) in [7, 11) is -4.10. The van der Waals surface area contributed by atoms with Crippen LogP contribution in [0.15, 0.2) is 91.6 Å². The predicted octanol–water partition coefficient (Wildman–Crippen LogP) is 5.96. The van der Waals surface area contributed by atoms with Gasteiger partial charge in [0.2, 0.25) is 26.6 Å². The van der Waals surface area contributed by atoms with Crippen molar-refractivity contribution in [3.8, 4) is 11.5 Å². The second kappa shape index (κ2) is 8.00. The van der Waals surface area contributed by atoms with Crippen molar-refractivity contribution in [2.45, 2.75) is 9.92 Å². The lowest BCUT2D eigenvalue weighted by Gasteiger charge is -2.06. The van der Waals surface area contributed by atoms with Crippen LogP contribution in [0.2, 0.25) is 0 Å². The lowest BCUT2D eigenvalue weighted by Crippen LogP contribution is -2.05. The van der Waals surface area contributed by atoms with Crippen molar-refractivity contribution < 1.29 is 21.6 Å². The molecule has 4 aromatic rings. The Hall–Kier alpha value is -3.04. The van der Waals surface area contributed by atoms with Crippen LogP contribution in [0.4, 0.5) is 20.4 Å². The minimum absolute atomic E-state index is 0.0110. The maximum absolute atomic E-state index is 14.2. The van der Waals surface area contributed by atoms with Crippen molar-refractivity contribution in [1.82, 2.24) is 4.98 Å². The van der Waals surface area contributed by atoms with E-state index in [9.17, 15) is 17.2 Å². The van der Waals surface area contributed by atoms with Gasteiger partial charge in [0.15, 0.2) is 0 Å². The number of hydrogen-bond acceptors (Lipinski definition) is 5. The van der Waals surface area contributed by atoms with E-state index in [0.29, 0.717) is 10.2 Å². The fourth-order valence-corrected chi connectivity index (χ4v) is 4.23. The van der Waals surface area contributed by atoms with E-state index in [2.05, 4.69) is 26.2 Å². The van der Waals surface area contributed by atoms with Gasteiger partial charge < -0.3 is 9.73 Å². The molecule has 1 heterocycles. The largest absolute Gasteiger partial charge is 0.419 e. The Morgan fingerprint density at radius 2 is 1.57 bits per heavy atom. The smallest absolute Gasteiger partial charge is 0.238 e. The number of aromatic nitrogens is 1. The summed E-state index contributed by atoms with van der Waals surface area (Å²) < 4.78 is 60.2. The molecule has 30 heavy (non-hydrogen) atoms. The van der Waals surface area contributed by atoms with Crippen molar-refractivity contribution in [1.29, 1.82) is 0 Å². The number of benzene rings is 3. The first-order valence-electron chi connectivity index (χ1n) is 8.63. The zero-order chi connectivity index (χ0) is 21.3. The van der Waals surface area contributed by atoms with E-state index in [1.54, 1.807) is 18.2 Å². The summed E-state index contributed by atoms with van der Waals surface area (Å²) in [6.45, 7) is 0. The first-order chi connectivity index (χ1) is 14.3. The Kier molecular flexibility index (Phi) is 5.40. The molecule has 3 aromatic carbocycles. The number of anilines is 2. The van der Waals surface area contributed by atoms with Crippen LogP contribution < -0.4 is 5.32 Å². The molecule has 1 N–H and O–H groups in total. The monoisotopic (exact) mass is 490 g/mol. The number of oxazole rings is 1. The molecule has 0 aliphatic carbocycles. The summed E-state index contributed by atoms with van der Waals surface area (Å²) in [6, 6.07) is 17.0. The topological polar surface area (TPSA) is 72.2 Å². The summed E-state index contributed by atoms with van der Waals surface area (Å²) in [5.74, 6) is -1.47. The number of halogens is 3. The number of sulfone groups is 1. The van der Waals surface area contributed by atoms with E-state index in [1.807, 2.05) is 0 Å². The molecule has 0 saturated heterocycles. The molecule has 152 valence electrons. The first kappa shape index (κ1) is 20.2. The van der Waals surface area contributed by atoms with E-state index >= 15 is 0 Å². The van der Waals surface area contributed by atoms with Gasteiger partial charge in [0.1, 0.15) is 11.6 Å². The predicted molar refractivity (Wildman–Crippen MR) is 111 cm³/mol. The van der Waals surface area contributed by atoms with E-state index < -0.39 is 26.5 Å².